The Labute approximate surface area is 197 Å². The quantitative estimate of drug-likeness (QED) is 0.372. The minimum atomic E-state index is -0.436. The number of imide groups is 1. The summed E-state index contributed by atoms with van der Waals surface area (Å²) in [5, 5.41) is 5.84. The lowest BCUT2D eigenvalue weighted by molar-refractivity contribution is 0.0638. The van der Waals surface area contributed by atoms with Gasteiger partial charge in [-0.1, -0.05) is 23.2 Å². The highest BCUT2D eigenvalue weighted by Crippen LogP contribution is 2.32. The Kier molecular flexibility index (Phi) is 6.57. The Balaban J connectivity index is 1.50. The Bertz CT molecular complexity index is 1230. The van der Waals surface area contributed by atoms with E-state index < -0.39 is 11.8 Å². The number of ether oxygens (including phenoxy) is 1. The van der Waals surface area contributed by atoms with Crippen LogP contribution in [0.2, 0.25) is 10.0 Å². The van der Waals surface area contributed by atoms with E-state index in [2.05, 4.69) is 10.3 Å². The van der Waals surface area contributed by atoms with Crippen LogP contribution in [-0.4, -0.2) is 47.9 Å². The highest BCUT2D eigenvalue weighted by Gasteiger charge is 2.35. The molecule has 2 heterocycles. The monoisotopic (exact) mass is 489 g/mol. The van der Waals surface area contributed by atoms with Gasteiger partial charge in [0.05, 0.1) is 21.8 Å². The molecule has 0 saturated heterocycles. The number of nitrogens with one attached hydrogen (secondary N) is 1. The van der Waals surface area contributed by atoms with Crippen LogP contribution in [0.25, 0.3) is 11.3 Å². The van der Waals surface area contributed by atoms with E-state index in [4.69, 9.17) is 27.9 Å². The van der Waals surface area contributed by atoms with Crippen LogP contribution in [0.4, 0.5) is 5.13 Å². The standard InChI is InChI=1S/C22H17Cl2N3O4S/c1-31-8-2-7-27-20(29)14-5-3-12(9-16(14)21(27)30)19(28)26-22-25-18(11-32-22)15-6-4-13(23)10-17(15)24/h3-6,9-11H,2,7-8H2,1H3,(H,25,26,28). The Morgan fingerprint density at radius 3 is 2.59 bits per heavy atom. The number of rotatable bonds is 7. The molecule has 1 aliphatic rings. The molecule has 3 amide bonds. The third-order valence-electron chi connectivity index (χ3n) is 4.89. The van der Waals surface area contributed by atoms with Gasteiger partial charge in [0.25, 0.3) is 17.7 Å². The van der Waals surface area contributed by atoms with Gasteiger partial charge < -0.3 is 4.74 Å². The van der Waals surface area contributed by atoms with Crippen molar-refractivity contribution in [3.63, 3.8) is 0 Å². The zero-order valence-corrected chi connectivity index (χ0v) is 19.2. The largest absolute Gasteiger partial charge is 0.385 e. The number of halogens is 2. The number of carbonyl (C=O) groups excluding carboxylic acids is 3. The number of methoxy groups -OCH3 is 1. The molecule has 10 heteroatoms. The third-order valence-corrected chi connectivity index (χ3v) is 6.20. The van der Waals surface area contributed by atoms with E-state index in [0.717, 1.165) is 0 Å². The maximum absolute atomic E-state index is 12.7. The fraction of sp³-hybridized carbons (Fsp3) is 0.182. The van der Waals surface area contributed by atoms with Gasteiger partial charge in [0.1, 0.15) is 0 Å². The topological polar surface area (TPSA) is 88.6 Å². The lowest BCUT2D eigenvalue weighted by Gasteiger charge is -2.12. The molecule has 2 aromatic carbocycles. The lowest BCUT2D eigenvalue weighted by atomic mass is 10.1. The van der Waals surface area contributed by atoms with Crippen molar-refractivity contribution in [3.05, 3.63) is 68.5 Å². The molecular formula is C22H17Cl2N3O4S. The van der Waals surface area contributed by atoms with Crippen LogP contribution in [0.15, 0.2) is 41.8 Å². The van der Waals surface area contributed by atoms with Crippen molar-refractivity contribution in [2.45, 2.75) is 6.42 Å². The van der Waals surface area contributed by atoms with Crippen molar-refractivity contribution in [1.82, 2.24) is 9.88 Å². The van der Waals surface area contributed by atoms with E-state index in [9.17, 15) is 14.4 Å². The number of benzene rings is 2. The van der Waals surface area contributed by atoms with Gasteiger partial charge >= 0.3 is 0 Å². The zero-order valence-electron chi connectivity index (χ0n) is 16.9. The average molecular weight is 490 g/mol. The number of amides is 3. The van der Waals surface area contributed by atoms with Crippen LogP contribution < -0.4 is 5.32 Å². The number of aromatic nitrogens is 1. The second kappa shape index (κ2) is 9.38. The van der Waals surface area contributed by atoms with Crippen molar-refractivity contribution >= 4 is 57.4 Å². The van der Waals surface area contributed by atoms with Gasteiger partial charge in [-0.15, -0.1) is 11.3 Å². The van der Waals surface area contributed by atoms with Gasteiger partial charge in [0, 0.05) is 41.8 Å². The maximum Gasteiger partial charge on any atom is 0.261 e. The molecule has 4 rings (SSSR count). The SMILES string of the molecule is COCCCN1C(=O)c2ccc(C(=O)Nc3nc(-c4ccc(Cl)cc4Cl)cs3)cc2C1=O. The molecule has 32 heavy (non-hydrogen) atoms. The predicted molar refractivity (Wildman–Crippen MR) is 124 cm³/mol. The van der Waals surface area contributed by atoms with E-state index in [1.807, 2.05) is 0 Å². The van der Waals surface area contributed by atoms with Crippen molar-refractivity contribution in [2.75, 3.05) is 25.6 Å². The number of thiazole rings is 1. The third kappa shape index (κ3) is 4.40. The molecule has 1 N–H and O–H groups in total. The number of fused-ring (bicyclic) bond motifs is 1. The Morgan fingerprint density at radius 1 is 1.09 bits per heavy atom. The summed E-state index contributed by atoms with van der Waals surface area (Å²) in [6.45, 7) is 0.703. The number of nitrogens with zero attached hydrogens (tertiary/aromatic N) is 2. The first kappa shape index (κ1) is 22.4. The van der Waals surface area contributed by atoms with Gasteiger partial charge in [-0.05, 0) is 42.8 Å². The van der Waals surface area contributed by atoms with Crippen molar-refractivity contribution < 1.29 is 19.1 Å². The van der Waals surface area contributed by atoms with E-state index in [-0.39, 0.29) is 29.1 Å². The molecule has 0 spiro atoms. The Hall–Kier alpha value is -2.78. The molecule has 0 aliphatic carbocycles. The minimum absolute atomic E-state index is 0.216. The van der Waals surface area contributed by atoms with Crippen molar-refractivity contribution in [2.24, 2.45) is 0 Å². The molecule has 0 radical (unpaired) electrons. The first-order valence-electron chi connectivity index (χ1n) is 9.60. The van der Waals surface area contributed by atoms with E-state index in [0.29, 0.717) is 39.5 Å². The predicted octanol–water partition coefficient (Wildman–Crippen LogP) is 5.00. The molecular weight excluding hydrogens is 473 g/mol. The van der Waals surface area contributed by atoms with E-state index >= 15 is 0 Å². The number of hydrogen-bond donors (Lipinski definition) is 1. The first-order valence-corrected chi connectivity index (χ1v) is 11.2. The van der Waals surface area contributed by atoms with Crippen LogP contribution in [0.1, 0.15) is 37.5 Å². The summed E-state index contributed by atoms with van der Waals surface area (Å²) in [6, 6.07) is 9.54. The molecule has 0 bridgehead atoms. The van der Waals surface area contributed by atoms with Gasteiger partial charge in [-0.3, -0.25) is 24.6 Å². The summed E-state index contributed by atoms with van der Waals surface area (Å²) in [6.07, 6.45) is 0.541. The number of hydrogen-bond acceptors (Lipinski definition) is 6. The first-order chi connectivity index (χ1) is 15.4. The molecule has 1 aliphatic heterocycles. The molecule has 3 aromatic rings. The van der Waals surface area contributed by atoms with Gasteiger partial charge in [-0.2, -0.15) is 0 Å². The summed E-state index contributed by atoms with van der Waals surface area (Å²) in [4.78, 5) is 43.5. The van der Waals surface area contributed by atoms with Crippen molar-refractivity contribution in [3.8, 4) is 11.3 Å². The highest BCUT2D eigenvalue weighted by molar-refractivity contribution is 7.14. The van der Waals surface area contributed by atoms with Crippen LogP contribution >= 0.6 is 34.5 Å². The fourth-order valence-corrected chi connectivity index (χ4v) is 4.53. The summed E-state index contributed by atoms with van der Waals surface area (Å²) in [5.74, 6) is -1.21. The molecule has 0 saturated carbocycles. The summed E-state index contributed by atoms with van der Waals surface area (Å²) >= 11 is 13.4. The molecule has 7 nitrogen and oxygen atoms in total. The van der Waals surface area contributed by atoms with E-state index in [1.165, 1.54) is 34.4 Å². The van der Waals surface area contributed by atoms with Gasteiger partial charge in [-0.25, -0.2) is 4.98 Å². The van der Waals surface area contributed by atoms with Crippen LogP contribution in [0, 0.1) is 0 Å². The number of carbonyl (C=O) groups is 3. The summed E-state index contributed by atoms with van der Waals surface area (Å²) in [7, 11) is 1.56. The fourth-order valence-electron chi connectivity index (χ4n) is 3.32. The summed E-state index contributed by atoms with van der Waals surface area (Å²) < 4.78 is 4.98. The van der Waals surface area contributed by atoms with Gasteiger partial charge in [0.2, 0.25) is 0 Å². The zero-order chi connectivity index (χ0) is 22.8. The maximum atomic E-state index is 12.7. The second-order valence-electron chi connectivity index (χ2n) is 6.98. The Morgan fingerprint density at radius 2 is 1.84 bits per heavy atom. The molecule has 0 fully saturated rings. The second-order valence-corrected chi connectivity index (χ2v) is 8.69. The van der Waals surface area contributed by atoms with Crippen LogP contribution in [-0.2, 0) is 4.74 Å². The molecule has 1 aromatic heterocycles. The molecule has 164 valence electrons. The lowest BCUT2D eigenvalue weighted by Crippen LogP contribution is -2.31. The number of anilines is 1. The average Bonchev–Trinajstić information content (AvgIpc) is 3.32. The van der Waals surface area contributed by atoms with Crippen molar-refractivity contribution in [1.29, 1.82) is 0 Å². The highest BCUT2D eigenvalue weighted by atomic mass is 35.5. The smallest absolute Gasteiger partial charge is 0.261 e. The van der Waals surface area contributed by atoms with E-state index in [1.54, 1.807) is 30.7 Å². The summed E-state index contributed by atoms with van der Waals surface area (Å²) in [5.41, 5.74) is 2.06. The normalized spacial score (nSPS) is 12.9. The van der Waals surface area contributed by atoms with Crippen LogP contribution in [0.3, 0.4) is 0 Å². The molecule has 0 unspecified atom stereocenters. The minimum Gasteiger partial charge on any atom is -0.385 e. The molecule has 0 atom stereocenters. The van der Waals surface area contributed by atoms with Crippen LogP contribution in [0.5, 0.6) is 0 Å². The van der Waals surface area contributed by atoms with Gasteiger partial charge in [0.15, 0.2) is 5.13 Å².